The van der Waals surface area contributed by atoms with Crippen LogP contribution in [-0.4, -0.2) is 17.3 Å². The van der Waals surface area contributed by atoms with Gasteiger partial charge in [-0.3, -0.25) is 4.79 Å². The minimum Gasteiger partial charge on any atom is -0.401 e. The van der Waals surface area contributed by atoms with Crippen LogP contribution in [0.2, 0.25) is 0 Å². The zero-order valence-electron chi connectivity index (χ0n) is 18.9. The molecular formula is C26H37N3O. The Morgan fingerprint density at radius 3 is 2.47 bits per heavy atom. The lowest BCUT2D eigenvalue weighted by atomic mass is 9.79. The number of allylic oxidation sites excluding steroid dienone is 1. The number of aryl methyl sites for hydroxylation is 2. The number of ketones is 1. The number of hydrogen-bond acceptors (Lipinski definition) is 4. The first kappa shape index (κ1) is 23.7. The van der Waals surface area contributed by atoms with Crippen molar-refractivity contribution in [2.45, 2.75) is 59.3 Å². The average molecular weight is 408 g/mol. The number of carbonyl (C=O) groups is 1. The molecule has 0 aliphatic carbocycles. The number of nitrogens with zero attached hydrogens (tertiary/aromatic N) is 1. The van der Waals surface area contributed by atoms with Gasteiger partial charge in [-0.15, -0.1) is 0 Å². The van der Waals surface area contributed by atoms with Crippen LogP contribution < -0.4 is 11.6 Å². The van der Waals surface area contributed by atoms with Crippen LogP contribution in [0.3, 0.4) is 0 Å². The van der Waals surface area contributed by atoms with Crippen molar-refractivity contribution in [1.29, 1.82) is 0 Å². The predicted octanol–water partition coefficient (Wildman–Crippen LogP) is 4.86. The SMILES string of the molecule is CCc1cc(C(CC/C(N)=C/N(N)CC)C(C)C(=O)Cc2ccccc2)ccc1C. The Morgan fingerprint density at radius 1 is 1.13 bits per heavy atom. The van der Waals surface area contributed by atoms with Gasteiger partial charge in [0.2, 0.25) is 0 Å². The second-order valence-corrected chi connectivity index (χ2v) is 8.14. The van der Waals surface area contributed by atoms with Gasteiger partial charge in [-0.25, -0.2) is 5.84 Å². The van der Waals surface area contributed by atoms with Gasteiger partial charge >= 0.3 is 0 Å². The number of rotatable bonds is 11. The summed E-state index contributed by atoms with van der Waals surface area (Å²) < 4.78 is 0. The van der Waals surface area contributed by atoms with Crippen molar-refractivity contribution < 1.29 is 4.79 Å². The summed E-state index contributed by atoms with van der Waals surface area (Å²) in [5, 5.41) is 1.59. The molecule has 0 fully saturated rings. The number of nitrogens with two attached hydrogens (primary N) is 2. The number of carbonyl (C=O) groups excluding carboxylic acids is 1. The largest absolute Gasteiger partial charge is 0.401 e. The lowest BCUT2D eigenvalue weighted by molar-refractivity contribution is -0.122. The van der Waals surface area contributed by atoms with E-state index in [4.69, 9.17) is 11.6 Å². The maximum absolute atomic E-state index is 13.1. The molecule has 2 rings (SSSR count). The van der Waals surface area contributed by atoms with Gasteiger partial charge in [0.05, 0.1) is 0 Å². The van der Waals surface area contributed by atoms with E-state index in [-0.39, 0.29) is 17.6 Å². The van der Waals surface area contributed by atoms with Crippen molar-refractivity contribution in [2.24, 2.45) is 17.5 Å². The highest BCUT2D eigenvalue weighted by atomic mass is 16.1. The Labute approximate surface area is 181 Å². The Bertz CT molecular complexity index is 845. The molecule has 0 aliphatic rings. The first-order chi connectivity index (χ1) is 14.3. The molecule has 2 unspecified atom stereocenters. The molecule has 0 spiro atoms. The number of Topliss-reactive ketones (excluding diaryl/α,β-unsaturated/α-hetero) is 1. The molecule has 162 valence electrons. The molecular weight excluding hydrogens is 370 g/mol. The van der Waals surface area contributed by atoms with Crippen LogP contribution in [0.5, 0.6) is 0 Å². The summed E-state index contributed by atoms with van der Waals surface area (Å²) in [6.45, 7) is 9.06. The van der Waals surface area contributed by atoms with Crippen molar-refractivity contribution >= 4 is 5.78 Å². The molecule has 4 heteroatoms. The van der Waals surface area contributed by atoms with Gasteiger partial charge in [-0.2, -0.15) is 0 Å². The lowest BCUT2D eigenvalue weighted by Gasteiger charge is -2.25. The molecule has 0 bridgehead atoms. The van der Waals surface area contributed by atoms with Gasteiger partial charge < -0.3 is 10.7 Å². The molecule has 30 heavy (non-hydrogen) atoms. The fourth-order valence-corrected chi connectivity index (χ4v) is 3.88. The van der Waals surface area contributed by atoms with Crippen LogP contribution in [0.25, 0.3) is 0 Å². The molecule has 0 saturated heterocycles. The summed E-state index contributed by atoms with van der Waals surface area (Å²) >= 11 is 0. The predicted molar refractivity (Wildman–Crippen MR) is 126 cm³/mol. The zero-order chi connectivity index (χ0) is 22.1. The van der Waals surface area contributed by atoms with Gasteiger partial charge in [0, 0.05) is 30.8 Å². The summed E-state index contributed by atoms with van der Waals surface area (Å²) in [5.74, 6) is 6.15. The second kappa shape index (κ2) is 11.6. The van der Waals surface area contributed by atoms with Crippen molar-refractivity contribution in [3.8, 4) is 0 Å². The Balaban J connectivity index is 2.25. The normalized spacial score (nSPS) is 13.7. The maximum atomic E-state index is 13.1. The quantitative estimate of drug-likeness (QED) is 0.412. The Morgan fingerprint density at radius 2 is 1.83 bits per heavy atom. The molecule has 2 atom stereocenters. The summed E-state index contributed by atoms with van der Waals surface area (Å²) in [6.07, 6.45) is 4.76. The van der Waals surface area contributed by atoms with Crippen LogP contribution in [0.1, 0.15) is 61.8 Å². The molecule has 0 radical (unpaired) electrons. The molecule has 2 aromatic carbocycles. The van der Waals surface area contributed by atoms with Gasteiger partial charge in [0.1, 0.15) is 5.78 Å². The fourth-order valence-electron chi connectivity index (χ4n) is 3.88. The van der Waals surface area contributed by atoms with Crippen LogP contribution in [0, 0.1) is 12.8 Å². The van der Waals surface area contributed by atoms with E-state index in [0.29, 0.717) is 19.4 Å². The van der Waals surface area contributed by atoms with Crippen LogP contribution in [0.15, 0.2) is 60.4 Å². The van der Waals surface area contributed by atoms with Gasteiger partial charge in [-0.1, -0.05) is 62.4 Å². The molecule has 4 N–H and O–H groups in total. The summed E-state index contributed by atoms with van der Waals surface area (Å²) in [7, 11) is 0. The van der Waals surface area contributed by atoms with Crippen LogP contribution in [0.4, 0.5) is 0 Å². The third kappa shape index (κ3) is 6.74. The highest BCUT2D eigenvalue weighted by Gasteiger charge is 2.26. The van der Waals surface area contributed by atoms with Crippen molar-refractivity contribution in [2.75, 3.05) is 6.54 Å². The van der Waals surface area contributed by atoms with E-state index < -0.39 is 0 Å². The monoisotopic (exact) mass is 407 g/mol. The first-order valence-corrected chi connectivity index (χ1v) is 11.0. The third-order valence-electron chi connectivity index (χ3n) is 5.96. The van der Waals surface area contributed by atoms with Gasteiger partial charge in [0.25, 0.3) is 0 Å². The number of hydrazine groups is 1. The molecule has 0 amide bonds. The third-order valence-corrected chi connectivity index (χ3v) is 5.96. The van der Waals surface area contributed by atoms with Gasteiger partial charge in [0.15, 0.2) is 0 Å². The zero-order valence-corrected chi connectivity index (χ0v) is 18.9. The average Bonchev–Trinajstić information content (AvgIpc) is 2.75. The van der Waals surface area contributed by atoms with E-state index in [1.165, 1.54) is 16.7 Å². The van der Waals surface area contributed by atoms with E-state index in [1.807, 2.05) is 37.3 Å². The molecule has 0 aliphatic heterocycles. The highest BCUT2D eigenvalue weighted by Crippen LogP contribution is 2.33. The van der Waals surface area contributed by atoms with Gasteiger partial charge in [-0.05, 0) is 61.3 Å². The number of hydrogen-bond donors (Lipinski definition) is 2. The van der Waals surface area contributed by atoms with Crippen molar-refractivity contribution in [1.82, 2.24) is 5.01 Å². The van der Waals surface area contributed by atoms with E-state index in [1.54, 1.807) is 11.2 Å². The molecule has 0 heterocycles. The smallest absolute Gasteiger partial charge is 0.140 e. The van der Waals surface area contributed by atoms with Crippen LogP contribution in [-0.2, 0) is 17.6 Å². The topological polar surface area (TPSA) is 72.3 Å². The van der Waals surface area contributed by atoms with E-state index in [9.17, 15) is 4.79 Å². The van der Waals surface area contributed by atoms with E-state index in [2.05, 4.69) is 39.0 Å². The Hall–Kier alpha value is -2.59. The lowest BCUT2D eigenvalue weighted by Crippen LogP contribution is -2.26. The minimum atomic E-state index is -0.0921. The second-order valence-electron chi connectivity index (χ2n) is 8.14. The van der Waals surface area contributed by atoms with Crippen molar-refractivity contribution in [3.05, 3.63) is 82.7 Å². The standard InChI is InChI=1S/C26H37N3O/c1-5-22-17-23(13-12-19(22)3)25(15-14-24(27)18-29(28)6-2)20(4)26(30)16-21-10-8-7-9-11-21/h7-13,17-18,20,25H,5-6,14-16,27-28H2,1-4H3/b24-18-. The van der Waals surface area contributed by atoms with Crippen LogP contribution >= 0.6 is 0 Å². The number of benzene rings is 2. The minimum absolute atomic E-state index is 0.0921. The maximum Gasteiger partial charge on any atom is 0.140 e. The molecule has 4 nitrogen and oxygen atoms in total. The summed E-state index contributed by atoms with van der Waals surface area (Å²) in [5.41, 5.74) is 11.9. The first-order valence-electron chi connectivity index (χ1n) is 11.0. The Kier molecular flexibility index (Phi) is 9.13. The fraction of sp³-hybridized carbons (Fsp3) is 0.423. The highest BCUT2D eigenvalue weighted by molar-refractivity contribution is 5.83. The molecule has 2 aromatic rings. The van der Waals surface area contributed by atoms with Crippen molar-refractivity contribution in [3.63, 3.8) is 0 Å². The summed E-state index contributed by atoms with van der Waals surface area (Å²) in [4.78, 5) is 13.1. The molecule has 0 saturated carbocycles. The summed E-state index contributed by atoms with van der Waals surface area (Å²) in [6, 6.07) is 16.6. The molecule has 0 aromatic heterocycles. The van der Waals surface area contributed by atoms with E-state index in [0.717, 1.165) is 24.1 Å². The van der Waals surface area contributed by atoms with E-state index >= 15 is 0 Å².